The predicted molar refractivity (Wildman–Crippen MR) is 122 cm³/mol. The smallest absolute Gasteiger partial charge is 0.333 e. The molecule has 2 aliphatic heterocycles. The van der Waals surface area contributed by atoms with Crippen LogP contribution in [0.1, 0.15) is 54.4 Å². The van der Waals surface area contributed by atoms with Crippen molar-refractivity contribution in [1.82, 2.24) is 20.9 Å². The fourth-order valence-electron chi connectivity index (χ4n) is 6.06. The fraction of sp³-hybridized carbons (Fsp3) is 0.826. The molecule has 0 aromatic rings. The summed E-state index contributed by atoms with van der Waals surface area (Å²) in [6.07, 6.45) is 2.04. The minimum atomic E-state index is -1.25. The van der Waals surface area contributed by atoms with E-state index in [1.54, 1.807) is 35.0 Å². The minimum Gasteiger partial charge on any atom is -0.357 e. The van der Waals surface area contributed by atoms with Crippen molar-refractivity contribution in [3.8, 4) is 0 Å². The molecule has 9 nitrogen and oxygen atoms in total. The molecule has 0 spiro atoms. The lowest BCUT2D eigenvalue weighted by Crippen LogP contribution is -2.72. The van der Waals surface area contributed by atoms with Crippen molar-refractivity contribution >= 4 is 24.0 Å². The first-order valence-corrected chi connectivity index (χ1v) is 11.7. The van der Waals surface area contributed by atoms with Crippen LogP contribution in [0, 0.1) is 11.8 Å². The number of piperidine rings is 1. The van der Waals surface area contributed by atoms with Crippen LogP contribution in [0.5, 0.6) is 0 Å². The number of fused-ring (bicyclic) bond motifs is 1. The van der Waals surface area contributed by atoms with Crippen LogP contribution in [0.4, 0.5) is 0 Å². The van der Waals surface area contributed by atoms with Crippen molar-refractivity contribution in [3.63, 3.8) is 0 Å². The summed E-state index contributed by atoms with van der Waals surface area (Å²) < 4.78 is 0.00930. The summed E-state index contributed by atoms with van der Waals surface area (Å²) in [5.74, 6) is -0.0446. The highest BCUT2D eigenvalue weighted by Gasteiger charge is 2.80. The number of likely N-dealkylation sites (N-methyl/N-ethyl adjacent to an activating group) is 3. The third kappa shape index (κ3) is 4.10. The monoisotopic (exact) mass is 452 g/mol. The van der Waals surface area contributed by atoms with Gasteiger partial charge in [0.15, 0.2) is 12.3 Å². The van der Waals surface area contributed by atoms with Gasteiger partial charge in [0, 0.05) is 26.9 Å². The SMILES string of the molecule is CNC(=O)C(CC(C)C)N(C)C(=O)C(C)NC(C)(C=O)[N+]12C(=O)C(NC)CC(C)C1C2C. The van der Waals surface area contributed by atoms with Gasteiger partial charge >= 0.3 is 5.91 Å². The maximum absolute atomic E-state index is 13.5. The van der Waals surface area contributed by atoms with Crippen LogP contribution in [0.25, 0.3) is 0 Å². The summed E-state index contributed by atoms with van der Waals surface area (Å²) in [5, 5.41) is 8.93. The molecule has 0 radical (unpaired) electrons. The topological polar surface area (TPSA) is 108 Å². The fourth-order valence-corrected chi connectivity index (χ4v) is 6.06. The molecule has 3 N–H and O–H groups in total. The summed E-state index contributed by atoms with van der Waals surface area (Å²) in [5.41, 5.74) is -1.25. The maximum Gasteiger partial charge on any atom is 0.333 e. The number of hydrogen-bond acceptors (Lipinski definition) is 6. The lowest BCUT2D eigenvalue weighted by atomic mass is 9.91. The van der Waals surface area contributed by atoms with Crippen LogP contribution in [0.2, 0.25) is 0 Å². The first-order chi connectivity index (χ1) is 14.8. The molecule has 8 atom stereocenters. The van der Waals surface area contributed by atoms with Crippen molar-refractivity contribution in [2.75, 3.05) is 21.1 Å². The van der Waals surface area contributed by atoms with Gasteiger partial charge in [-0.2, -0.15) is 0 Å². The van der Waals surface area contributed by atoms with Gasteiger partial charge in [-0.25, -0.2) is 14.6 Å². The molecule has 2 aliphatic rings. The van der Waals surface area contributed by atoms with E-state index in [0.29, 0.717) is 6.42 Å². The normalized spacial score (nSPS) is 33.0. The second-order valence-electron chi connectivity index (χ2n) is 10.2. The first kappa shape index (κ1) is 26.4. The zero-order valence-electron chi connectivity index (χ0n) is 21.1. The molecule has 2 saturated heterocycles. The van der Waals surface area contributed by atoms with Crippen molar-refractivity contribution in [3.05, 3.63) is 0 Å². The molecule has 0 aromatic heterocycles. The summed E-state index contributed by atoms with van der Waals surface area (Å²) >= 11 is 0. The van der Waals surface area contributed by atoms with Gasteiger partial charge in [0.2, 0.25) is 17.5 Å². The van der Waals surface area contributed by atoms with Crippen molar-refractivity contribution in [1.29, 1.82) is 0 Å². The van der Waals surface area contributed by atoms with E-state index >= 15 is 0 Å². The highest BCUT2D eigenvalue weighted by molar-refractivity contribution is 5.90. The Morgan fingerprint density at radius 1 is 1.25 bits per heavy atom. The van der Waals surface area contributed by atoms with Crippen LogP contribution in [0.15, 0.2) is 0 Å². The molecule has 2 rings (SSSR count). The molecule has 9 heteroatoms. The molecule has 0 saturated carbocycles. The largest absolute Gasteiger partial charge is 0.357 e. The number of carbonyl (C=O) groups excluding carboxylic acids is 4. The van der Waals surface area contributed by atoms with Crippen LogP contribution in [0.3, 0.4) is 0 Å². The van der Waals surface area contributed by atoms with E-state index in [4.69, 9.17) is 0 Å². The Labute approximate surface area is 192 Å². The molecule has 0 aromatic carbocycles. The number of rotatable bonds is 10. The van der Waals surface area contributed by atoms with Gasteiger partial charge in [0.05, 0.1) is 6.04 Å². The number of nitrogens with one attached hydrogen (secondary N) is 3. The highest BCUT2D eigenvalue weighted by Crippen LogP contribution is 2.54. The lowest BCUT2D eigenvalue weighted by Gasteiger charge is -2.42. The molecule has 3 amide bonds. The Kier molecular flexibility index (Phi) is 7.90. The lowest BCUT2D eigenvalue weighted by molar-refractivity contribution is -0.803. The first-order valence-electron chi connectivity index (χ1n) is 11.7. The molecule has 2 fully saturated rings. The number of quaternary nitrogens is 1. The second kappa shape index (κ2) is 9.57. The quantitative estimate of drug-likeness (QED) is 0.249. The van der Waals surface area contributed by atoms with E-state index in [9.17, 15) is 19.2 Å². The molecule has 2 heterocycles. The van der Waals surface area contributed by atoms with Crippen LogP contribution in [-0.4, -0.2) is 90.4 Å². The van der Waals surface area contributed by atoms with Gasteiger partial charge in [0.25, 0.3) is 0 Å². The van der Waals surface area contributed by atoms with E-state index in [0.717, 1.165) is 12.7 Å². The Hall–Kier alpha value is -1.84. The molecule has 8 unspecified atom stereocenters. The molecule has 32 heavy (non-hydrogen) atoms. The maximum atomic E-state index is 13.5. The van der Waals surface area contributed by atoms with Crippen molar-refractivity contribution in [2.24, 2.45) is 11.8 Å². The summed E-state index contributed by atoms with van der Waals surface area (Å²) in [6.45, 7) is 11.5. The molecule has 182 valence electrons. The number of carbonyl (C=O) groups is 4. The van der Waals surface area contributed by atoms with Gasteiger partial charge in [0.1, 0.15) is 18.1 Å². The third-order valence-corrected chi connectivity index (χ3v) is 7.66. The summed E-state index contributed by atoms with van der Waals surface area (Å²) in [6, 6.07) is -1.67. The van der Waals surface area contributed by atoms with Crippen LogP contribution >= 0.6 is 0 Å². The van der Waals surface area contributed by atoms with E-state index < -0.39 is 17.7 Å². The molecular formula is C23H42N5O4+. The van der Waals surface area contributed by atoms with E-state index in [1.165, 1.54) is 4.90 Å². The van der Waals surface area contributed by atoms with Gasteiger partial charge in [-0.15, -0.1) is 0 Å². The zero-order chi connectivity index (χ0) is 24.6. The average Bonchev–Trinajstić information content (AvgIpc) is 3.40. The van der Waals surface area contributed by atoms with Gasteiger partial charge < -0.3 is 15.5 Å². The standard InChI is InChI=1S/C23H41N5O4/c1-13(2)10-18(20(30)25-8)27(9)21(31)15(4)26-23(6,12-29)28-16(5)19(28)14(3)11-17(24-7)22(28)32/h12-19,24,26H,10-11H2,1-9H3/p+1. The number of hydrogen-bond donors (Lipinski definition) is 3. The summed E-state index contributed by atoms with van der Waals surface area (Å²) in [4.78, 5) is 53.1. The summed E-state index contributed by atoms with van der Waals surface area (Å²) in [7, 11) is 4.93. The van der Waals surface area contributed by atoms with Crippen molar-refractivity contribution < 1.29 is 23.7 Å². The number of amides is 3. The van der Waals surface area contributed by atoms with Crippen LogP contribution < -0.4 is 16.0 Å². The van der Waals surface area contributed by atoms with E-state index in [2.05, 4.69) is 22.9 Å². The van der Waals surface area contributed by atoms with E-state index in [1.807, 2.05) is 20.8 Å². The minimum absolute atomic E-state index is 0.00930. The second-order valence-corrected chi connectivity index (χ2v) is 10.2. The van der Waals surface area contributed by atoms with Gasteiger partial charge in [-0.3, -0.25) is 14.4 Å². The molecule has 0 bridgehead atoms. The number of aldehydes is 1. The third-order valence-electron chi connectivity index (χ3n) is 7.66. The highest BCUT2D eigenvalue weighted by atomic mass is 16.2. The Balaban J connectivity index is 2.30. The number of nitrogens with zero attached hydrogens (tertiary/aromatic N) is 2. The van der Waals surface area contributed by atoms with Gasteiger partial charge in [-0.1, -0.05) is 20.8 Å². The molecular weight excluding hydrogens is 410 g/mol. The predicted octanol–water partition coefficient (Wildman–Crippen LogP) is 0.241. The zero-order valence-corrected chi connectivity index (χ0v) is 21.1. The molecule has 0 aliphatic carbocycles. The van der Waals surface area contributed by atoms with Crippen LogP contribution in [-0.2, 0) is 19.2 Å². The Morgan fingerprint density at radius 3 is 2.31 bits per heavy atom. The Bertz CT molecular complexity index is 759. The van der Waals surface area contributed by atoms with Crippen molar-refractivity contribution in [2.45, 2.75) is 90.3 Å². The average molecular weight is 453 g/mol. The van der Waals surface area contributed by atoms with E-state index in [-0.39, 0.29) is 52.2 Å². The Morgan fingerprint density at radius 2 is 1.84 bits per heavy atom. The van der Waals surface area contributed by atoms with Gasteiger partial charge in [-0.05, 0) is 39.7 Å².